The molecule has 3 rings (SSSR count). The highest BCUT2D eigenvalue weighted by atomic mass is 19.4. The van der Waals surface area contributed by atoms with Gasteiger partial charge in [0, 0.05) is 24.0 Å². The van der Waals surface area contributed by atoms with Crippen molar-refractivity contribution < 1.29 is 18.0 Å². The molecule has 0 aliphatic carbocycles. The van der Waals surface area contributed by atoms with Crippen LogP contribution in [0.2, 0.25) is 0 Å². The maximum atomic E-state index is 13.0. The van der Waals surface area contributed by atoms with Crippen LogP contribution in [0.15, 0.2) is 66.9 Å². The summed E-state index contributed by atoms with van der Waals surface area (Å²) in [6, 6.07) is 16.5. The Labute approximate surface area is 161 Å². The Morgan fingerprint density at radius 3 is 2.39 bits per heavy atom. The number of aryl methyl sites for hydroxylation is 1. The van der Waals surface area contributed by atoms with Crippen molar-refractivity contribution in [3.8, 4) is 11.1 Å². The Hall–Kier alpha value is -3.15. The summed E-state index contributed by atoms with van der Waals surface area (Å²) in [5.74, 6) is -0.726. The number of halogens is 3. The quantitative estimate of drug-likeness (QED) is 0.669. The molecule has 1 heterocycles. The lowest BCUT2D eigenvalue weighted by Crippen LogP contribution is -2.28. The van der Waals surface area contributed by atoms with Crippen LogP contribution in [-0.4, -0.2) is 17.4 Å². The molecular formula is C22H19F3N2O. The molecule has 0 bridgehead atoms. The van der Waals surface area contributed by atoms with Crippen LogP contribution in [-0.2, 0) is 12.6 Å². The van der Waals surface area contributed by atoms with Crippen molar-refractivity contribution >= 4 is 5.91 Å². The van der Waals surface area contributed by atoms with Crippen molar-refractivity contribution in [3.05, 3.63) is 89.2 Å². The molecule has 0 radical (unpaired) electrons. The normalized spacial score (nSPS) is 11.3. The number of pyridine rings is 1. The standard InChI is InChI=1S/C22H19F3N2O/c1-15-18(6-4-13-26-15)17-10-8-16(9-11-17)12-14-27-21(28)19-5-2-3-7-20(19)22(23,24)25/h2-11,13H,12,14H2,1H3,(H,27,28). The molecule has 1 amide bonds. The van der Waals surface area contributed by atoms with Crippen LogP contribution in [0.3, 0.4) is 0 Å². The SMILES string of the molecule is Cc1ncccc1-c1ccc(CCNC(=O)c2ccccc2C(F)(F)F)cc1. The second-order valence-corrected chi connectivity index (χ2v) is 6.38. The van der Waals surface area contributed by atoms with E-state index in [2.05, 4.69) is 10.3 Å². The third-order valence-corrected chi connectivity index (χ3v) is 4.45. The van der Waals surface area contributed by atoms with E-state index in [1.165, 1.54) is 18.2 Å². The van der Waals surface area contributed by atoms with E-state index in [1.807, 2.05) is 43.3 Å². The Morgan fingerprint density at radius 1 is 1.00 bits per heavy atom. The summed E-state index contributed by atoms with van der Waals surface area (Å²) < 4.78 is 39.1. The zero-order chi connectivity index (χ0) is 20.1. The first-order valence-electron chi connectivity index (χ1n) is 8.81. The second kappa shape index (κ2) is 8.25. The summed E-state index contributed by atoms with van der Waals surface area (Å²) >= 11 is 0. The fraction of sp³-hybridized carbons (Fsp3) is 0.182. The van der Waals surface area contributed by atoms with Gasteiger partial charge in [0.1, 0.15) is 0 Å². The van der Waals surface area contributed by atoms with E-state index < -0.39 is 17.6 Å². The molecule has 28 heavy (non-hydrogen) atoms. The minimum absolute atomic E-state index is 0.246. The molecule has 3 nitrogen and oxygen atoms in total. The smallest absolute Gasteiger partial charge is 0.352 e. The molecular weight excluding hydrogens is 365 g/mol. The number of aromatic nitrogens is 1. The zero-order valence-corrected chi connectivity index (χ0v) is 15.3. The van der Waals surface area contributed by atoms with Crippen LogP contribution in [0.5, 0.6) is 0 Å². The fourth-order valence-corrected chi connectivity index (χ4v) is 2.98. The summed E-state index contributed by atoms with van der Waals surface area (Å²) in [5, 5.41) is 2.57. The van der Waals surface area contributed by atoms with E-state index in [-0.39, 0.29) is 12.1 Å². The van der Waals surface area contributed by atoms with Gasteiger partial charge in [0.15, 0.2) is 0 Å². The highest BCUT2D eigenvalue weighted by Crippen LogP contribution is 2.31. The van der Waals surface area contributed by atoms with Crippen molar-refractivity contribution in [3.63, 3.8) is 0 Å². The minimum atomic E-state index is -4.56. The third kappa shape index (κ3) is 4.57. The van der Waals surface area contributed by atoms with Crippen LogP contribution in [0.25, 0.3) is 11.1 Å². The van der Waals surface area contributed by atoms with E-state index in [9.17, 15) is 18.0 Å². The number of alkyl halides is 3. The molecule has 3 aromatic rings. The number of hydrogen-bond acceptors (Lipinski definition) is 2. The monoisotopic (exact) mass is 384 g/mol. The van der Waals surface area contributed by atoms with Crippen molar-refractivity contribution in [1.82, 2.24) is 10.3 Å². The number of rotatable bonds is 5. The summed E-state index contributed by atoms with van der Waals surface area (Å²) in [4.78, 5) is 16.4. The van der Waals surface area contributed by atoms with E-state index in [1.54, 1.807) is 6.20 Å². The van der Waals surface area contributed by atoms with Gasteiger partial charge in [-0.25, -0.2) is 0 Å². The molecule has 0 fully saturated rings. The molecule has 0 unspecified atom stereocenters. The lowest BCUT2D eigenvalue weighted by Gasteiger charge is -2.12. The average Bonchev–Trinajstić information content (AvgIpc) is 2.68. The van der Waals surface area contributed by atoms with Gasteiger partial charge in [-0.1, -0.05) is 42.5 Å². The molecule has 2 aromatic carbocycles. The van der Waals surface area contributed by atoms with Crippen molar-refractivity contribution in [2.45, 2.75) is 19.5 Å². The van der Waals surface area contributed by atoms with Crippen LogP contribution in [0.4, 0.5) is 13.2 Å². The molecule has 1 N–H and O–H groups in total. The molecule has 144 valence electrons. The van der Waals surface area contributed by atoms with Crippen molar-refractivity contribution in [2.24, 2.45) is 0 Å². The number of hydrogen-bond donors (Lipinski definition) is 1. The lowest BCUT2D eigenvalue weighted by atomic mass is 10.0. The molecule has 0 aliphatic heterocycles. The third-order valence-electron chi connectivity index (χ3n) is 4.45. The number of carbonyl (C=O) groups is 1. The Bertz CT molecular complexity index is 966. The Kier molecular flexibility index (Phi) is 5.78. The van der Waals surface area contributed by atoms with Crippen LogP contribution < -0.4 is 5.32 Å². The highest BCUT2D eigenvalue weighted by Gasteiger charge is 2.34. The van der Waals surface area contributed by atoms with Gasteiger partial charge in [0.25, 0.3) is 5.91 Å². The van der Waals surface area contributed by atoms with E-state index in [0.717, 1.165) is 28.5 Å². The predicted octanol–water partition coefficient (Wildman–Crippen LogP) is 5.05. The summed E-state index contributed by atoms with van der Waals surface area (Å²) in [6.45, 7) is 2.19. The maximum absolute atomic E-state index is 13.0. The summed E-state index contributed by atoms with van der Waals surface area (Å²) in [7, 11) is 0. The Balaban J connectivity index is 1.62. The summed E-state index contributed by atoms with van der Waals surface area (Å²) in [5.41, 5.74) is 2.71. The second-order valence-electron chi connectivity index (χ2n) is 6.38. The van der Waals surface area contributed by atoms with Crippen LogP contribution >= 0.6 is 0 Å². The van der Waals surface area contributed by atoms with Gasteiger partial charge >= 0.3 is 6.18 Å². The highest BCUT2D eigenvalue weighted by molar-refractivity contribution is 5.95. The zero-order valence-electron chi connectivity index (χ0n) is 15.3. The first-order chi connectivity index (χ1) is 13.4. The van der Waals surface area contributed by atoms with E-state index in [0.29, 0.717) is 6.42 Å². The number of nitrogens with one attached hydrogen (secondary N) is 1. The van der Waals surface area contributed by atoms with Crippen LogP contribution in [0.1, 0.15) is 27.2 Å². The first kappa shape index (κ1) is 19.6. The van der Waals surface area contributed by atoms with Gasteiger partial charge in [0.05, 0.1) is 11.1 Å². The van der Waals surface area contributed by atoms with Gasteiger partial charge in [0.2, 0.25) is 0 Å². The average molecular weight is 384 g/mol. The topological polar surface area (TPSA) is 42.0 Å². The van der Waals surface area contributed by atoms with Crippen molar-refractivity contribution in [2.75, 3.05) is 6.54 Å². The molecule has 0 saturated carbocycles. The first-order valence-corrected chi connectivity index (χ1v) is 8.81. The fourth-order valence-electron chi connectivity index (χ4n) is 2.98. The van der Waals surface area contributed by atoms with Gasteiger partial charge in [-0.2, -0.15) is 13.2 Å². The molecule has 0 aliphatic rings. The largest absolute Gasteiger partial charge is 0.417 e. The lowest BCUT2D eigenvalue weighted by molar-refractivity contribution is -0.137. The maximum Gasteiger partial charge on any atom is 0.417 e. The number of benzene rings is 2. The Morgan fingerprint density at radius 2 is 1.71 bits per heavy atom. The van der Waals surface area contributed by atoms with Gasteiger partial charge in [-0.3, -0.25) is 9.78 Å². The van der Waals surface area contributed by atoms with E-state index in [4.69, 9.17) is 0 Å². The number of amides is 1. The van der Waals surface area contributed by atoms with Gasteiger partial charge < -0.3 is 5.32 Å². The van der Waals surface area contributed by atoms with Gasteiger partial charge in [-0.15, -0.1) is 0 Å². The molecule has 0 spiro atoms. The number of carbonyl (C=O) groups excluding carboxylic acids is 1. The van der Waals surface area contributed by atoms with Crippen molar-refractivity contribution in [1.29, 1.82) is 0 Å². The van der Waals surface area contributed by atoms with E-state index >= 15 is 0 Å². The molecule has 0 atom stereocenters. The van der Waals surface area contributed by atoms with Crippen LogP contribution in [0, 0.1) is 6.92 Å². The predicted molar refractivity (Wildman–Crippen MR) is 102 cm³/mol. The summed E-state index contributed by atoms with van der Waals surface area (Å²) in [6.07, 6.45) is -2.30. The van der Waals surface area contributed by atoms with Gasteiger partial charge in [-0.05, 0) is 42.7 Å². The minimum Gasteiger partial charge on any atom is -0.352 e. The molecule has 0 saturated heterocycles. The molecule has 1 aromatic heterocycles. The molecule has 6 heteroatoms. The number of nitrogens with zero attached hydrogens (tertiary/aromatic N) is 1.